The van der Waals surface area contributed by atoms with Crippen LogP contribution in [0.4, 0.5) is 4.79 Å². The fourth-order valence-electron chi connectivity index (χ4n) is 1.68. The summed E-state index contributed by atoms with van der Waals surface area (Å²) in [5.74, 6) is -0.162. The molecule has 5 heteroatoms. The summed E-state index contributed by atoms with van der Waals surface area (Å²) in [5.41, 5.74) is 1.17. The maximum Gasteiger partial charge on any atom is 0.315 e. The van der Waals surface area contributed by atoms with E-state index < -0.39 is 6.04 Å². The molecule has 1 aromatic carbocycles. The summed E-state index contributed by atoms with van der Waals surface area (Å²) in [6, 6.07) is 9.07. The molecule has 0 saturated heterocycles. The van der Waals surface area contributed by atoms with Crippen LogP contribution in [0.3, 0.4) is 0 Å². The average molecular weight is 277 g/mol. The van der Waals surface area contributed by atoms with E-state index in [-0.39, 0.29) is 11.9 Å². The summed E-state index contributed by atoms with van der Waals surface area (Å²) in [5, 5.41) is 8.09. The van der Waals surface area contributed by atoms with Crippen LogP contribution >= 0.6 is 0 Å². The zero-order valence-electron chi connectivity index (χ0n) is 12.1. The van der Waals surface area contributed by atoms with E-state index in [0.29, 0.717) is 13.1 Å². The van der Waals surface area contributed by atoms with Crippen LogP contribution in [-0.4, -0.2) is 31.1 Å². The molecule has 0 bridgehead atoms. The third-order valence-corrected chi connectivity index (χ3v) is 2.83. The van der Waals surface area contributed by atoms with E-state index in [1.807, 2.05) is 37.3 Å². The molecular formula is C15H23N3O2. The van der Waals surface area contributed by atoms with Crippen molar-refractivity contribution in [3.63, 3.8) is 0 Å². The Balaban J connectivity index is 2.21. The van der Waals surface area contributed by atoms with Gasteiger partial charge in [0.25, 0.3) is 0 Å². The molecule has 0 saturated carbocycles. The van der Waals surface area contributed by atoms with Gasteiger partial charge >= 0.3 is 6.03 Å². The Labute approximate surface area is 120 Å². The predicted octanol–water partition coefficient (Wildman–Crippen LogP) is 1.44. The summed E-state index contributed by atoms with van der Waals surface area (Å²) >= 11 is 0. The van der Waals surface area contributed by atoms with Gasteiger partial charge in [-0.3, -0.25) is 4.79 Å². The number of hydrogen-bond acceptors (Lipinski definition) is 2. The van der Waals surface area contributed by atoms with Crippen molar-refractivity contribution in [2.75, 3.05) is 13.1 Å². The van der Waals surface area contributed by atoms with Crippen molar-refractivity contribution in [1.29, 1.82) is 0 Å². The molecule has 110 valence electrons. The second-order valence-corrected chi connectivity index (χ2v) is 4.65. The Bertz CT molecular complexity index is 420. The van der Waals surface area contributed by atoms with Crippen molar-refractivity contribution in [2.45, 2.75) is 32.7 Å². The van der Waals surface area contributed by atoms with Gasteiger partial charge in [0.05, 0.1) is 0 Å². The first-order chi connectivity index (χ1) is 9.63. The van der Waals surface area contributed by atoms with E-state index in [1.165, 1.54) is 5.56 Å². The summed E-state index contributed by atoms with van der Waals surface area (Å²) in [4.78, 5) is 23.2. The lowest BCUT2D eigenvalue weighted by Gasteiger charge is -2.14. The van der Waals surface area contributed by atoms with Crippen molar-refractivity contribution in [2.24, 2.45) is 0 Å². The maximum atomic E-state index is 11.6. The minimum atomic E-state index is -0.529. The van der Waals surface area contributed by atoms with Crippen molar-refractivity contribution < 1.29 is 9.59 Å². The minimum Gasteiger partial charge on any atom is -0.354 e. The van der Waals surface area contributed by atoms with Gasteiger partial charge in [-0.2, -0.15) is 0 Å². The number of rotatable bonds is 7. The van der Waals surface area contributed by atoms with E-state index in [4.69, 9.17) is 0 Å². The lowest BCUT2D eigenvalue weighted by Crippen LogP contribution is -2.48. The number of amides is 3. The van der Waals surface area contributed by atoms with Crippen LogP contribution in [-0.2, 0) is 11.2 Å². The Morgan fingerprint density at radius 3 is 2.45 bits per heavy atom. The normalized spacial score (nSPS) is 11.5. The second-order valence-electron chi connectivity index (χ2n) is 4.65. The quantitative estimate of drug-likeness (QED) is 0.706. The maximum absolute atomic E-state index is 11.6. The lowest BCUT2D eigenvalue weighted by molar-refractivity contribution is -0.122. The largest absolute Gasteiger partial charge is 0.354 e. The van der Waals surface area contributed by atoms with Crippen LogP contribution in [0.1, 0.15) is 25.8 Å². The Morgan fingerprint density at radius 2 is 1.80 bits per heavy atom. The highest BCUT2D eigenvalue weighted by atomic mass is 16.2. The van der Waals surface area contributed by atoms with Gasteiger partial charge in [0, 0.05) is 13.1 Å². The van der Waals surface area contributed by atoms with Crippen LogP contribution in [0.5, 0.6) is 0 Å². The molecule has 5 nitrogen and oxygen atoms in total. The molecule has 0 aromatic heterocycles. The highest BCUT2D eigenvalue weighted by Gasteiger charge is 2.14. The highest BCUT2D eigenvalue weighted by Crippen LogP contribution is 1.97. The van der Waals surface area contributed by atoms with E-state index >= 15 is 0 Å². The van der Waals surface area contributed by atoms with Crippen LogP contribution < -0.4 is 16.0 Å². The predicted molar refractivity (Wildman–Crippen MR) is 79.4 cm³/mol. The third-order valence-electron chi connectivity index (χ3n) is 2.83. The first-order valence-electron chi connectivity index (χ1n) is 6.99. The Hall–Kier alpha value is -2.04. The summed E-state index contributed by atoms with van der Waals surface area (Å²) < 4.78 is 0. The van der Waals surface area contributed by atoms with Crippen LogP contribution in [0.2, 0.25) is 0 Å². The van der Waals surface area contributed by atoms with E-state index in [9.17, 15) is 9.59 Å². The molecule has 1 atom stereocenters. The van der Waals surface area contributed by atoms with Crippen LogP contribution in [0.15, 0.2) is 30.3 Å². The smallest absolute Gasteiger partial charge is 0.315 e. The van der Waals surface area contributed by atoms with Crippen LogP contribution in [0, 0.1) is 0 Å². The minimum absolute atomic E-state index is 0.162. The van der Waals surface area contributed by atoms with E-state index in [2.05, 4.69) is 16.0 Å². The van der Waals surface area contributed by atoms with Gasteiger partial charge in [-0.15, -0.1) is 0 Å². The zero-order chi connectivity index (χ0) is 14.8. The molecule has 3 N–H and O–H groups in total. The number of benzene rings is 1. The number of hydrogen-bond donors (Lipinski definition) is 3. The van der Waals surface area contributed by atoms with Gasteiger partial charge in [0.2, 0.25) is 5.91 Å². The van der Waals surface area contributed by atoms with Gasteiger partial charge in [-0.1, -0.05) is 37.3 Å². The van der Waals surface area contributed by atoms with Gasteiger partial charge in [0.15, 0.2) is 0 Å². The fourth-order valence-corrected chi connectivity index (χ4v) is 1.68. The van der Waals surface area contributed by atoms with Gasteiger partial charge < -0.3 is 16.0 Å². The molecule has 0 aliphatic rings. The molecule has 0 spiro atoms. The molecule has 0 aliphatic heterocycles. The molecule has 0 aliphatic carbocycles. The Morgan fingerprint density at radius 1 is 1.10 bits per heavy atom. The van der Waals surface area contributed by atoms with Crippen LogP contribution in [0.25, 0.3) is 0 Å². The molecule has 0 heterocycles. The number of carbonyl (C=O) groups excluding carboxylic acids is 2. The SMILES string of the molecule is CCCNC(=O)C(C)NC(=O)NCCc1ccccc1. The monoisotopic (exact) mass is 277 g/mol. The molecule has 3 amide bonds. The van der Waals surface area contributed by atoms with Crippen molar-refractivity contribution >= 4 is 11.9 Å². The zero-order valence-corrected chi connectivity index (χ0v) is 12.1. The highest BCUT2D eigenvalue weighted by molar-refractivity contribution is 5.86. The van der Waals surface area contributed by atoms with Gasteiger partial charge in [-0.25, -0.2) is 4.79 Å². The van der Waals surface area contributed by atoms with E-state index in [0.717, 1.165) is 12.8 Å². The standard InChI is InChI=1S/C15H23N3O2/c1-3-10-16-14(19)12(2)18-15(20)17-11-9-13-7-5-4-6-8-13/h4-8,12H,3,9-11H2,1-2H3,(H,16,19)(H2,17,18,20). The molecule has 1 aromatic rings. The fraction of sp³-hybridized carbons (Fsp3) is 0.467. The lowest BCUT2D eigenvalue weighted by atomic mass is 10.1. The number of carbonyl (C=O) groups is 2. The summed E-state index contributed by atoms with van der Waals surface area (Å²) in [7, 11) is 0. The topological polar surface area (TPSA) is 70.2 Å². The first kappa shape index (κ1) is 16.0. The van der Waals surface area contributed by atoms with Crippen molar-refractivity contribution in [3.8, 4) is 0 Å². The summed E-state index contributed by atoms with van der Waals surface area (Å²) in [6.07, 6.45) is 1.65. The molecular weight excluding hydrogens is 254 g/mol. The van der Waals surface area contributed by atoms with Gasteiger partial charge in [-0.05, 0) is 25.3 Å². The Kier molecular flexibility index (Phi) is 7.17. The average Bonchev–Trinajstić information content (AvgIpc) is 2.45. The third kappa shape index (κ3) is 6.22. The molecule has 20 heavy (non-hydrogen) atoms. The molecule has 0 radical (unpaired) electrons. The molecule has 1 unspecified atom stereocenters. The second kappa shape index (κ2) is 8.96. The molecule has 0 fully saturated rings. The van der Waals surface area contributed by atoms with Crippen molar-refractivity contribution in [3.05, 3.63) is 35.9 Å². The number of nitrogens with one attached hydrogen (secondary N) is 3. The first-order valence-corrected chi connectivity index (χ1v) is 6.99. The number of urea groups is 1. The van der Waals surface area contributed by atoms with Gasteiger partial charge in [0.1, 0.15) is 6.04 Å². The summed E-state index contributed by atoms with van der Waals surface area (Å²) in [6.45, 7) is 4.82. The molecule has 1 rings (SSSR count). The van der Waals surface area contributed by atoms with Crippen molar-refractivity contribution in [1.82, 2.24) is 16.0 Å². The van der Waals surface area contributed by atoms with E-state index in [1.54, 1.807) is 6.92 Å².